The number of aromatic amines is 1. The summed E-state index contributed by atoms with van der Waals surface area (Å²) in [5.41, 5.74) is 0.919. The van der Waals surface area contributed by atoms with Crippen LogP contribution in [-0.2, 0) is 6.54 Å². The minimum Gasteiger partial charge on any atom is -0.362 e. The maximum absolute atomic E-state index is 4.22. The van der Waals surface area contributed by atoms with Crippen molar-refractivity contribution in [2.45, 2.75) is 6.54 Å². The summed E-state index contributed by atoms with van der Waals surface area (Å²) < 4.78 is 0. The Hall–Kier alpha value is -2.50. The molecule has 0 saturated heterocycles. The smallest absolute Gasteiger partial charge is 0.143 e. The lowest BCUT2D eigenvalue weighted by atomic mass is 10.2. The van der Waals surface area contributed by atoms with Crippen molar-refractivity contribution in [1.82, 2.24) is 25.1 Å². The lowest BCUT2D eigenvalue weighted by molar-refractivity contribution is 0.948. The number of H-pyrrole nitrogens is 1. The Kier molecular flexibility index (Phi) is 2.38. The van der Waals surface area contributed by atoms with Crippen LogP contribution in [0.4, 0.5) is 5.82 Å². The van der Waals surface area contributed by atoms with E-state index in [4.69, 9.17) is 0 Å². The van der Waals surface area contributed by atoms with Crippen molar-refractivity contribution >= 4 is 16.7 Å². The van der Waals surface area contributed by atoms with Crippen LogP contribution in [-0.4, -0.2) is 25.1 Å². The van der Waals surface area contributed by atoms with Crippen LogP contribution in [0.5, 0.6) is 0 Å². The topological polar surface area (TPSA) is 79.4 Å². The van der Waals surface area contributed by atoms with Gasteiger partial charge in [-0.15, -0.1) is 0 Å². The van der Waals surface area contributed by atoms with Crippen LogP contribution in [0.3, 0.4) is 0 Å². The number of anilines is 1. The molecule has 0 saturated carbocycles. The fourth-order valence-electron chi connectivity index (χ4n) is 1.63. The molecule has 2 heterocycles. The van der Waals surface area contributed by atoms with Gasteiger partial charge in [-0.25, -0.2) is 15.0 Å². The predicted octanol–water partition coefficient (Wildman–Crippen LogP) is 1.36. The molecule has 0 radical (unpaired) electrons. The highest BCUT2D eigenvalue weighted by Gasteiger charge is 2.02. The van der Waals surface area contributed by atoms with Gasteiger partial charge in [0.2, 0.25) is 0 Å². The molecule has 2 aromatic heterocycles. The van der Waals surface area contributed by atoms with E-state index < -0.39 is 0 Å². The lowest BCUT2D eigenvalue weighted by Crippen LogP contribution is -2.03. The number of nitrogens with one attached hydrogen (secondary N) is 2. The molecule has 3 aromatic rings. The minimum absolute atomic E-state index is 0.557. The summed E-state index contributed by atoms with van der Waals surface area (Å²) in [5, 5.41) is 10.8. The van der Waals surface area contributed by atoms with Crippen molar-refractivity contribution in [3.05, 3.63) is 42.7 Å². The quantitative estimate of drug-likeness (QED) is 0.705. The van der Waals surface area contributed by atoms with E-state index in [0.29, 0.717) is 6.54 Å². The van der Waals surface area contributed by atoms with Crippen molar-refractivity contribution in [1.29, 1.82) is 0 Å². The number of hydrogen-bond donors (Lipinski definition) is 2. The van der Waals surface area contributed by atoms with Crippen molar-refractivity contribution in [3.63, 3.8) is 0 Å². The highest BCUT2D eigenvalue weighted by Crippen LogP contribution is 2.18. The van der Waals surface area contributed by atoms with E-state index in [-0.39, 0.29) is 0 Å². The van der Waals surface area contributed by atoms with E-state index in [1.54, 1.807) is 6.33 Å². The maximum Gasteiger partial charge on any atom is 0.143 e. The molecule has 0 atom stereocenters. The first-order valence-electron chi connectivity index (χ1n) is 5.21. The third-order valence-corrected chi connectivity index (χ3v) is 2.43. The summed E-state index contributed by atoms with van der Waals surface area (Å²) in [6, 6.07) is 7.86. The van der Waals surface area contributed by atoms with Gasteiger partial charge in [0.15, 0.2) is 0 Å². The Balaban J connectivity index is 1.90. The molecule has 6 heteroatoms. The number of rotatable bonds is 3. The minimum atomic E-state index is 0.557. The standard InChI is InChI=1S/C11H10N6/c1-2-4-9-8(3-1)11(15-6-13-9)12-5-10-14-7-16-17-10/h1-4,6-7H,5H2,(H,12,13,15)(H,14,16,17). The van der Waals surface area contributed by atoms with E-state index >= 15 is 0 Å². The largest absolute Gasteiger partial charge is 0.362 e. The van der Waals surface area contributed by atoms with Crippen molar-refractivity contribution in [3.8, 4) is 0 Å². The van der Waals surface area contributed by atoms with Crippen LogP contribution in [0.2, 0.25) is 0 Å². The Morgan fingerprint density at radius 3 is 2.88 bits per heavy atom. The summed E-state index contributed by atoms with van der Waals surface area (Å²) in [5.74, 6) is 1.57. The normalized spacial score (nSPS) is 10.6. The van der Waals surface area contributed by atoms with Gasteiger partial charge in [-0.05, 0) is 12.1 Å². The van der Waals surface area contributed by atoms with Gasteiger partial charge in [-0.1, -0.05) is 12.1 Å². The average molecular weight is 226 g/mol. The highest BCUT2D eigenvalue weighted by atomic mass is 15.2. The first-order chi connectivity index (χ1) is 8.43. The van der Waals surface area contributed by atoms with Gasteiger partial charge < -0.3 is 5.32 Å². The third-order valence-electron chi connectivity index (χ3n) is 2.43. The molecule has 3 rings (SSSR count). The summed E-state index contributed by atoms with van der Waals surface area (Å²) in [6.45, 7) is 0.557. The molecule has 84 valence electrons. The van der Waals surface area contributed by atoms with Crippen LogP contribution < -0.4 is 5.32 Å². The first-order valence-corrected chi connectivity index (χ1v) is 5.21. The van der Waals surface area contributed by atoms with Gasteiger partial charge in [0.1, 0.15) is 24.3 Å². The monoisotopic (exact) mass is 226 g/mol. The zero-order chi connectivity index (χ0) is 11.5. The van der Waals surface area contributed by atoms with E-state index in [9.17, 15) is 0 Å². The number of para-hydroxylation sites is 1. The van der Waals surface area contributed by atoms with E-state index in [0.717, 1.165) is 22.5 Å². The van der Waals surface area contributed by atoms with Gasteiger partial charge in [0, 0.05) is 5.39 Å². The lowest BCUT2D eigenvalue weighted by Gasteiger charge is -2.05. The molecule has 2 N–H and O–H groups in total. The van der Waals surface area contributed by atoms with Gasteiger partial charge in [-0.2, -0.15) is 5.10 Å². The van der Waals surface area contributed by atoms with Crippen molar-refractivity contribution in [2.24, 2.45) is 0 Å². The number of nitrogens with zero attached hydrogens (tertiary/aromatic N) is 4. The van der Waals surface area contributed by atoms with Crippen LogP contribution in [0, 0.1) is 0 Å². The second-order valence-corrected chi connectivity index (χ2v) is 3.53. The van der Waals surface area contributed by atoms with Crippen LogP contribution in [0.25, 0.3) is 10.9 Å². The van der Waals surface area contributed by atoms with Gasteiger partial charge in [0.25, 0.3) is 0 Å². The van der Waals surface area contributed by atoms with E-state index in [1.165, 1.54) is 6.33 Å². The molecule has 0 bridgehead atoms. The Morgan fingerprint density at radius 2 is 2.00 bits per heavy atom. The van der Waals surface area contributed by atoms with E-state index in [2.05, 4.69) is 30.5 Å². The van der Waals surface area contributed by atoms with Gasteiger partial charge in [-0.3, -0.25) is 5.10 Å². The van der Waals surface area contributed by atoms with Gasteiger partial charge in [0.05, 0.1) is 12.1 Å². The Bertz CT molecular complexity index is 613. The van der Waals surface area contributed by atoms with Crippen LogP contribution in [0.15, 0.2) is 36.9 Å². The number of benzene rings is 1. The second kappa shape index (κ2) is 4.17. The number of fused-ring (bicyclic) bond motifs is 1. The molecule has 0 aliphatic rings. The summed E-state index contributed by atoms with van der Waals surface area (Å²) in [6.07, 6.45) is 3.03. The fraction of sp³-hybridized carbons (Fsp3) is 0.0909. The molecule has 0 aliphatic carbocycles. The van der Waals surface area contributed by atoms with Crippen LogP contribution >= 0.6 is 0 Å². The average Bonchev–Trinajstić information content (AvgIpc) is 2.89. The van der Waals surface area contributed by atoms with Crippen molar-refractivity contribution in [2.75, 3.05) is 5.32 Å². The summed E-state index contributed by atoms with van der Waals surface area (Å²) in [7, 11) is 0. The molecule has 0 amide bonds. The number of aromatic nitrogens is 5. The SMILES string of the molecule is c1ccc2c(NCc3ncn[nH]3)ncnc2c1. The predicted molar refractivity (Wildman–Crippen MR) is 63.2 cm³/mol. The third kappa shape index (κ3) is 1.92. The maximum atomic E-state index is 4.22. The zero-order valence-electron chi connectivity index (χ0n) is 8.96. The molecule has 0 aliphatic heterocycles. The molecular weight excluding hydrogens is 216 g/mol. The zero-order valence-corrected chi connectivity index (χ0v) is 8.96. The molecule has 17 heavy (non-hydrogen) atoms. The molecule has 0 unspecified atom stereocenters. The van der Waals surface area contributed by atoms with E-state index in [1.807, 2.05) is 24.3 Å². The molecule has 6 nitrogen and oxygen atoms in total. The number of hydrogen-bond acceptors (Lipinski definition) is 5. The van der Waals surface area contributed by atoms with Crippen LogP contribution in [0.1, 0.15) is 5.82 Å². The van der Waals surface area contributed by atoms with Crippen molar-refractivity contribution < 1.29 is 0 Å². The Labute approximate surface area is 97.1 Å². The fourth-order valence-corrected chi connectivity index (χ4v) is 1.63. The Morgan fingerprint density at radius 1 is 1.06 bits per heavy atom. The molecule has 0 fully saturated rings. The summed E-state index contributed by atoms with van der Waals surface area (Å²) >= 11 is 0. The molecular formula is C11H10N6. The molecule has 0 spiro atoms. The second-order valence-electron chi connectivity index (χ2n) is 3.53. The highest BCUT2D eigenvalue weighted by molar-refractivity contribution is 5.88. The summed E-state index contributed by atoms with van der Waals surface area (Å²) in [4.78, 5) is 12.5. The first kappa shape index (κ1) is 9.71. The van der Waals surface area contributed by atoms with Gasteiger partial charge >= 0.3 is 0 Å². The molecule has 1 aromatic carbocycles.